The van der Waals surface area contributed by atoms with Gasteiger partial charge >= 0.3 is 6.03 Å². The van der Waals surface area contributed by atoms with E-state index in [0.29, 0.717) is 0 Å². The SMILES string of the molecule is CCN1CCN(C(=O)NC(C)C2CCCO2)CC1. The van der Waals surface area contributed by atoms with Crippen molar-refractivity contribution in [1.29, 1.82) is 0 Å². The number of likely N-dealkylation sites (N-methyl/N-ethyl adjacent to an activating group) is 1. The number of hydrogen-bond donors (Lipinski definition) is 1. The van der Waals surface area contributed by atoms with Crippen molar-refractivity contribution < 1.29 is 9.53 Å². The van der Waals surface area contributed by atoms with Crippen LogP contribution in [0.25, 0.3) is 0 Å². The molecule has 2 atom stereocenters. The Morgan fingerprint density at radius 1 is 1.39 bits per heavy atom. The number of nitrogens with zero attached hydrogens (tertiary/aromatic N) is 2. The molecule has 0 bridgehead atoms. The van der Waals surface area contributed by atoms with Crippen LogP contribution < -0.4 is 5.32 Å². The average Bonchev–Trinajstić information content (AvgIpc) is 2.92. The van der Waals surface area contributed by atoms with Gasteiger partial charge in [0.05, 0.1) is 12.1 Å². The highest BCUT2D eigenvalue weighted by molar-refractivity contribution is 5.74. The molecule has 2 unspecified atom stereocenters. The maximum atomic E-state index is 12.1. The van der Waals surface area contributed by atoms with E-state index in [-0.39, 0.29) is 18.2 Å². The zero-order chi connectivity index (χ0) is 13.0. The van der Waals surface area contributed by atoms with Crippen molar-refractivity contribution in [2.24, 2.45) is 0 Å². The average molecular weight is 255 g/mol. The van der Waals surface area contributed by atoms with Crippen molar-refractivity contribution >= 4 is 6.03 Å². The molecule has 2 amide bonds. The van der Waals surface area contributed by atoms with E-state index < -0.39 is 0 Å². The van der Waals surface area contributed by atoms with Crippen molar-refractivity contribution in [3.8, 4) is 0 Å². The summed E-state index contributed by atoms with van der Waals surface area (Å²) in [5.41, 5.74) is 0. The number of urea groups is 1. The Morgan fingerprint density at radius 2 is 2.11 bits per heavy atom. The fourth-order valence-electron chi connectivity index (χ4n) is 2.64. The summed E-state index contributed by atoms with van der Waals surface area (Å²) in [5, 5.41) is 3.07. The van der Waals surface area contributed by atoms with E-state index in [9.17, 15) is 4.79 Å². The third kappa shape index (κ3) is 3.36. The Morgan fingerprint density at radius 3 is 2.67 bits per heavy atom. The number of carbonyl (C=O) groups is 1. The van der Waals surface area contributed by atoms with Gasteiger partial charge in [0, 0.05) is 32.8 Å². The van der Waals surface area contributed by atoms with Crippen LogP contribution in [0.15, 0.2) is 0 Å². The van der Waals surface area contributed by atoms with Crippen molar-refractivity contribution in [3.05, 3.63) is 0 Å². The van der Waals surface area contributed by atoms with Crippen LogP contribution in [0.1, 0.15) is 26.7 Å². The fourth-order valence-corrected chi connectivity index (χ4v) is 2.64. The van der Waals surface area contributed by atoms with Crippen LogP contribution in [-0.4, -0.2) is 67.3 Å². The molecule has 5 nitrogen and oxygen atoms in total. The highest BCUT2D eigenvalue weighted by Gasteiger charge is 2.26. The molecule has 0 saturated carbocycles. The lowest BCUT2D eigenvalue weighted by Crippen LogP contribution is -2.54. The first-order chi connectivity index (χ1) is 8.70. The van der Waals surface area contributed by atoms with Crippen molar-refractivity contribution in [3.63, 3.8) is 0 Å². The van der Waals surface area contributed by atoms with Crippen LogP contribution in [0.5, 0.6) is 0 Å². The lowest BCUT2D eigenvalue weighted by atomic mass is 10.1. The molecular weight excluding hydrogens is 230 g/mol. The van der Waals surface area contributed by atoms with E-state index in [1.165, 1.54) is 0 Å². The van der Waals surface area contributed by atoms with Gasteiger partial charge in [0.15, 0.2) is 0 Å². The summed E-state index contributed by atoms with van der Waals surface area (Å²) in [6.45, 7) is 9.74. The second-order valence-corrected chi connectivity index (χ2v) is 5.21. The van der Waals surface area contributed by atoms with Gasteiger partial charge in [-0.15, -0.1) is 0 Å². The molecule has 2 rings (SSSR count). The fraction of sp³-hybridized carbons (Fsp3) is 0.923. The Kier molecular flexibility index (Phi) is 4.83. The van der Waals surface area contributed by atoms with Crippen LogP contribution in [-0.2, 0) is 4.74 Å². The predicted octanol–water partition coefficient (Wildman–Crippen LogP) is 0.901. The number of piperazine rings is 1. The molecule has 0 aromatic heterocycles. The number of nitrogens with one attached hydrogen (secondary N) is 1. The highest BCUT2D eigenvalue weighted by atomic mass is 16.5. The molecule has 18 heavy (non-hydrogen) atoms. The Labute approximate surface area is 109 Å². The monoisotopic (exact) mass is 255 g/mol. The van der Waals surface area contributed by atoms with Crippen LogP contribution in [0.4, 0.5) is 4.79 Å². The smallest absolute Gasteiger partial charge is 0.317 e. The predicted molar refractivity (Wildman–Crippen MR) is 70.7 cm³/mol. The zero-order valence-corrected chi connectivity index (χ0v) is 11.5. The van der Waals surface area contributed by atoms with Crippen molar-refractivity contribution in [2.45, 2.75) is 38.8 Å². The van der Waals surface area contributed by atoms with Gasteiger partial charge in [-0.25, -0.2) is 4.79 Å². The Balaban J connectivity index is 1.74. The summed E-state index contributed by atoms with van der Waals surface area (Å²) in [5.74, 6) is 0. The molecular formula is C13H25N3O2. The normalized spacial score (nSPS) is 27.2. The minimum absolute atomic E-state index is 0.0637. The first-order valence-electron chi connectivity index (χ1n) is 7.10. The van der Waals surface area contributed by atoms with Crippen molar-refractivity contribution in [2.75, 3.05) is 39.3 Å². The highest BCUT2D eigenvalue weighted by Crippen LogP contribution is 2.15. The van der Waals surface area contributed by atoms with E-state index in [4.69, 9.17) is 4.74 Å². The molecule has 2 fully saturated rings. The molecule has 2 aliphatic heterocycles. The Bertz CT molecular complexity index is 271. The quantitative estimate of drug-likeness (QED) is 0.815. The third-order valence-electron chi connectivity index (χ3n) is 3.98. The van der Waals surface area contributed by atoms with Crippen LogP contribution in [0, 0.1) is 0 Å². The molecule has 0 radical (unpaired) electrons. The topological polar surface area (TPSA) is 44.8 Å². The van der Waals surface area contributed by atoms with E-state index in [1.807, 2.05) is 11.8 Å². The van der Waals surface area contributed by atoms with Gasteiger partial charge in [-0.05, 0) is 26.3 Å². The number of rotatable bonds is 3. The minimum Gasteiger partial charge on any atom is -0.376 e. The summed E-state index contributed by atoms with van der Waals surface area (Å²) < 4.78 is 5.60. The molecule has 0 aliphatic carbocycles. The van der Waals surface area contributed by atoms with Crippen LogP contribution >= 0.6 is 0 Å². The molecule has 2 aliphatic rings. The lowest BCUT2D eigenvalue weighted by molar-refractivity contribution is 0.0806. The zero-order valence-electron chi connectivity index (χ0n) is 11.5. The van der Waals surface area contributed by atoms with E-state index in [1.54, 1.807) is 0 Å². The van der Waals surface area contributed by atoms with E-state index in [2.05, 4.69) is 17.1 Å². The minimum atomic E-state index is 0.0637. The summed E-state index contributed by atoms with van der Waals surface area (Å²) in [6.07, 6.45) is 2.37. The maximum absolute atomic E-state index is 12.1. The van der Waals surface area contributed by atoms with Crippen LogP contribution in [0.2, 0.25) is 0 Å². The molecule has 0 spiro atoms. The Hall–Kier alpha value is -0.810. The molecule has 2 heterocycles. The number of hydrogen-bond acceptors (Lipinski definition) is 3. The second-order valence-electron chi connectivity index (χ2n) is 5.21. The van der Waals surface area contributed by atoms with Gasteiger partial charge in [0.25, 0.3) is 0 Å². The molecule has 2 saturated heterocycles. The van der Waals surface area contributed by atoms with Gasteiger partial charge in [-0.1, -0.05) is 6.92 Å². The molecule has 104 valence electrons. The largest absolute Gasteiger partial charge is 0.376 e. The van der Waals surface area contributed by atoms with E-state index >= 15 is 0 Å². The number of ether oxygens (including phenoxy) is 1. The third-order valence-corrected chi connectivity index (χ3v) is 3.98. The standard InChI is InChI=1S/C13H25N3O2/c1-3-15-6-8-16(9-7-15)13(17)14-11(2)12-5-4-10-18-12/h11-12H,3-10H2,1-2H3,(H,14,17). The number of carbonyl (C=O) groups excluding carboxylic acids is 1. The van der Waals surface area contributed by atoms with Gasteiger partial charge < -0.3 is 19.9 Å². The first-order valence-corrected chi connectivity index (χ1v) is 7.10. The van der Waals surface area contributed by atoms with Crippen LogP contribution in [0.3, 0.4) is 0 Å². The summed E-state index contributed by atoms with van der Waals surface area (Å²) in [4.78, 5) is 16.4. The molecule has 0 aromatic rings. The first kappa shape index (κ1) is 13.6. The van der Waals surface area contributed by atoms with Crippen molar-refractivity contribution in [1.82, 2.24) is 15.1 Å². The van der Waals surface area contributed by atoms with Gasteiger partial charge in [-0.2, -0.15) is 0 Å². The summed E-state index contributed by atoms with van der Waals surface area (Å²) in [6, 6.07) is 0.179. The lowest BCUT2D eigenvalue weighted by Gasteiger charge is -2.35. The van der Waals surface area contributed by atoms with Gasteiger partial charge in [0.1, 0.15) is 0 Å². The molecule has 5 heteroatoms. The molecule has 1 N–H and O–H groups in total. The summed E-state index contributed by atoms with van der Waals surface area (Å²) >= 11 is 0. The maximum Gasteiger partial charge on any atom is 0.317 e. The number of amides is 2. The molecule has 0 aromatic carbocycles. The van der Waals surface area contributed by atoms with Gasteiger partial charge in [0.2, 0.25) is 0 Å². The van der Waals surface area contributed by atoms with Gasteiger partial charge in [-0.3, -0.25) is 0 Å². The second kappa shape index (κ2) is 6.38. The summed E-state index contributed by atoms with van der Waals surface area (Å²) in [7, 11) is 0. The van der Waals surface area contributed by atoms with E-state index in [0.717, 1.165) is 52.2 Å².